The van der Waals surface area contributed by atoms with Gasteiger partial charge < -0.3 is 5.73 Å². The summed E-state index contributed by atoms with van der Waals surface area (Å²) in [6, 6.07) is 12.6. The number of nitrogen functional groups attached to an aromatic ring is 1. The van der Waals surface area contributed by atoms with E-state index in [9.17, 15) is 4.39 Å². The zero-order valence-corrected chi connectivity index (χ0v) is 8.50. The van der Waals surface area contributed by atoms with E-state index in [1.807, 2.05) is 37.3 Å². The molecule has 0 fully saturated rings. The topological polar surface area (TPSA) is 26.0 Å². The molecule has 15 heavy (non-hydrogen) atoms. The Morgan fingerprint density at radius 1 is 1.07 bits per heavy atom. The molecule has 0 heterocycles. The van der Waals surface area contributed by atoms with E-state index >= 15 is 0 Å². The van der Waals surface area contributed by atoms with Crippen LogP contribution in [0.15, 0.2) is 42.5 Å². The van der Waals surface area contributed by atoms with Gasteiger partial charge in [-0.2, -0.15) is 0 Å². The van der Waals surface area contributed by atoms with E-state index < -0.39 is 0 Å². The van der Waals surface area contributed by atoms with Crippen molar-refractivity contribution in [2.24, 2.45) is 0 Å². The molecule has 2 aromatic rings. The number of aryl methyl sites for hydroxylation is 1. The average molecular weight is 201 g/mol. The highest BCUT2D eigenvalue weighted by atomic mass is 19.1. The molecule has 0 unspecified atom stereocenters. The van der Waals surface area contributed by atoms with Crippen molar-refractivity contribution in [1.82, 2.24) is 0 Å². The van der Waals surface area contributed by atoms with Crippen LogP contribution in [-0.4, -0.2) is 0 Å². The first-order valence-electron chi connectivity index (χ1n) is 4.79. The van der Waals surface area contributed by atoms with Crippen LogP contribution in [0, 0.1) is 12.7 Å². The molecule has 1 nitrogen and oxygen atoms in total. The molecule has 2 rings (SSSR count). The zero-order chi connectivity index (χ0) is 10.8. The minimum Gasteiger partial charge on any atom is -0.398 e. The molecule has 0 aromatic heterocycles. The lowest BCUT2D eigenvalue weighted by atomic mass is 10.0. The third-order valence-corrected chi connectivity index (χ3v) is 2.33. The van der Waals surface area contributed by atoms with Gasteiger partial charge in [0.1, 0.15) is 5.82 Å². The summed E-state index contributed by atoms with van der Waals surface area (Å²) in [5.74, 6) is -0.265. The third-order valence-electron chi connectivity index (χ3n) is 2.33. The molecule has 0 saturated carbocycles. The van der Waals surface area contributed by atoms with Gasteiger partial charge in [-0.1, -0.05) is 30.3 Å². The molecule has 0 saturated heterocycles. The Hall–Kier alpha value is -1.83. The van der Waals surface area contributed by atoms with Crippen LogP contribution in [0.3, 0.4) is 0 Å². The van der Waals surface area contributed by atoms with Crippen molar-refractivity contribution in [3.63, 3.8) is 0 Å². The second-order valence-corrected chi connectivity index (χ2v) is 3.58. The smallest absolute Gasteiger partial charge is 0.133 e. The maximum atomic E-state index is 13.7. The number of nitrogens with two attached hydrogens (primary N) is 1. The van der Waals surface area contributed by atoms with E-state index in [4.69, 9.17) is 5.73 Å². The first-order valence-corrected chi connectivity index (χ1v) is 4.79. The molecule has 2 heteroatoms. The van der Waals surface area contributed by atoms with Gasteiger partial charge >= 0.3 is 0 Å². The number of rotatable bonds is 1. The summed E-state index contributed by atoms with van der Waals surface area (Å²) in [6.45, 7) is 1.83. The monoisotopic (exact) mass is 201 g/mol. The normalized spacial score (nSPS) is 10.3. The fraction of sp³-hybridized carbons (Fsp3) is 0.0769. The summed E-state index contributed by atoms with van der Waals surface area (Å²) < 4.78 is 13.7. The molecule has 76 valence electrons. The fourth-order valence-electron chi connectivity index (χ4n) is 1.68. The summed E-state index contributed by atoms with van der Waals surface area (Å²) in [5, 5.41) is 0. The number of hydrogen-bond acceptors (Lipinski definition) is 1. The highest BCUT2D eigenvalue weighted by molar-refractivity contribution is 5.77. The number of anilines is 1. The van der Waals surface area contributed by atoms with Crippen molar-refractivity contribution in [2.45, 2.75) is 6.92 Å². The summed E-state index contributed by atoms with van der Waals surface area (Å²) >= 11 is 0. The van der Waals surface area contributed by atoms with E-state index in [1.165, 1.54) is 6.07 Å². The summed E-state index contributed by atoms with van der Waals surface area (Å²) in [6.07, 6.45) is 0. The van der Waals surface area contributed by atoms with E-state index in [0.717, 1.165) is 11.1 Å². The van der Waals surface area contributed by atoms with Crippen LogP contribution >= 0.6 is 0 Å². The van der Waals surface area contributed by atoms with Crippen LogP contribution in [0.5, 0.6) is 0 Å². The van der Waals surface area contributed by atoms with Crippen LogP contribution < -0.4 is 5.73 Å². The molecular weight excluding hydrogens is 189 g/mol. The molecule has 0 atom stereocenters. The molecule has 2 aromatic carbocycles. The predicted octanol–water partition coefficient (Wildman–Crippen LogP) is 3.38. The second-order valence-electron chi connectivity index (χ2n) is 3.58. The Bertz CT molecular complexity index is 454. The summed E-state index contributed by atoms with van der Waals surface area (Å²) in [7, 11) is 0. The first kappa shape index (κ1) is 9.71. The Balaban J connectivity index is 2.64. The lowest BCUT2D eigenvalue weighted by Crippen LogP contribution is -1.94. The van der Waals surface area contributed by atoms with Crippen molar-refractivity contribution >= 4 is 5.69 Å². The quantitative estimate of drug-likeness (QED) is 0.703. The highest BCUT2D eigenvalue weighted by Gasteiger charge is 2.09. The van der Waals surface area contributed by atoms with Gasteiger partial charge in [-0.05, 0) is 30.2 Å². The van der Waals surface area contributed by atoms with E-state index in [2.05, 4.69) is 0 Å². The van der Waals surface area contributed by atoms with Crippen LogP contribution in [0.1, 0.15) is 5.56 Å². The molecule has 0 aliphatic heterocycles. The molecule has 0 amide bonds. The lowest BCUT2D eigenvalue weighted by Gasteiger charge is -2.08. The van der Waals surface area contributed by atoms with Gasteiger partial charge in [-0.15, -0.1) is 0 Å². The van der Waals surface area contributed by atoms with Crippen molar-refractivity contribution < 1.29 is 4.39 Å². The molecule has 0 spiro atoms. The minimum atomic E-state index is -0.265. The number of halogens is 1. The standard InChI is InChI=1S/C13H12FN/c1-9-7-11(14)13(12(15)8-9)10-5-3-2-4-6-10/h2-8H,15H2,1H3. The van der Waals surface area contributed by atoms with Gasteiger partial charge in [0.2, 0.25) is 0 Å². The number of hydrogen-bond donors (Lipinski definition) is 1. The first-order chi connectivity index (χ1) is 7.18. The maximum Gasteiger partial charge on any atom is 0.133 e. The van der Waals surface area contributed by atoms with Gasteiger partial charge in [0.05, 0.1) is 0 Å². The molecule has 0 radical (unpaired) electrons. The van der Waals surface area contributed by atoms with Gasteiger partial charge in [0.15, 0.2) is 0 Å². The number of benzene rings is 2. The second kappa shape index (κ2) is 3.73. The maximum absolute atomic E-state index is 13.7. The van der Waals surface area contributed by atoms with Gasteiger partial charge in [-0.3, -0.25) is 0 Å². The zero-order valence-electron chi connectivity index (χ0n) is 8.50. The fourth-order valence-corrected chi connectivity index (χ4v) is 1.68. The molecule has 0 aliphatic rings. The molecule has 0 bridgehead atoms. The minimum absolute atomic E-state index is 0.265. The third kappa shape index (κ3) is 1.84. The summed E-state index contributed by atoms with van der Waals surface area (Å²) in [4.78, 5) is 0. The predicted molar refractivity (Wildman–Crippen MR) is 61.0 cm³/mol. The van der Waals surface area contributed by atoms with Crippen molar-refractivity contribution in [1.29, 1.82) is 0 Å². The van der Waals surface area contributed by atoms with Crippen molar-refractivity contribution in [3.05, 3.63) is 53.8 Å². The van der Waals surface area contributed by atoms with Crippen LogP contribution in [0.25, 0.3) is 11.1 Å². The Labute approximate surface area is 88.4 Å². The van der Waals surface area contributed by atoms with Crippen molar-refractivity contribution in [2.75, 3.05) is 5.73 Å². The molecule has 0 aliphatic carbocycles. The average Bonchev–Trinajstić information content (AvgIpc) is 2.17. The van der Waals surface area contributed by atoms with Crippen molar-refractivity contribution in [3.8, 4) is 11.1 Å². The lowest BCUT2D eigenvalue weighted by molar-refractivity contribution is 0.631. The van der Waals surface area contributed by atoms with E-state index in [1.54, 1.807) is 6.07 Å². The Morgan fingerprint density at radius 2 is 1.73 bits per heavy atom. The highest BCUT2D eigenvalue weighted by Crippen LogP contribution is 2.29. The van der Waals surface area contributed by atoms with Crippen LogP contribution in [0.2, 0.25) is 0 Å². The molecule has 2 N–H and O–H groups in total. The largest absolute Gasteiger partial charge is 0.398 e. The Morgan fingerprint density at radius 3 is 2.33 bits per heavy atom. The van der Waals surface area contributed by atoms with Crippen LogP contribution in [0.4, 0.5) is 10.1 Å². The van der Waals surface area contributed by atoms with Gasteiger partial charge in [-0.25, -0.2) is 4.39 Å². The Kier molecular flexibility index (Phi) is 2.42. The SMILES string of the molecule is Cc1cc(N)c(-c2ccccc2)c(F)c1. The van der Waals surface area contributed by atoms with E-state index in [0.29, 0.717) is 11.3 Å². The molecular formula is C13H12FN. The van der Waals surface area contributed by atoms with E-state index in [-0.39, 0.29) is 5.82 Å². The summed E-state index contributed by atoms with van der Waals surface area (Å²) in [5.41, 5.74) is 8.44. The van der Waals surface area contributed by atoms with Crippen LogP contribution in [-0.2, 0) is 0 Å². The van der Waals surface area contributed by atoms with Gasteiger partial charge in [0.25, 0.3) is 0 Å². The van der Waals surface area contributed by atoms with Gasteiger partial charge in [0, 0.05) is 11.3 Å².